The van der Waals surface area contributed by atoms with E-state index in [4.69, 9.17) is 16.3 Å². The Morgan fingerprint density at radius 3 is 2.42 bits per heavy atom. The number of benzene rings is 2. The van der Waals surface area contributed by atoms with Crippen LogP contribution in [0.3, 0.4) is 0 Å². The van der Waals surface area contributed by atoms with Crippen LogP contribution in [-0.2, 0) is 26.0 Å². The van der Waals surface area contributed by atoms with Gasteiger partial charge in [-0.1, -0.05) is 48.9 Å². The van der Waals surface area contributed by atoms with Gasteiger partial charge in [0.2, 0.25) is 0 Å². The number of carbonyl (C=O) groups is 2. The van der Waals surface area contributed by atoms with E-state index in [2.05, 4.69) is 4.72 Å². The first-order valence-corrected chi connectivity index (χ1v) is 14.5. The molecule has 11 heteroatoms. The number of hydrogen-bond donors (Lipinski definition) is 2. The minimum atomic E-state index is -4.20. The number of carbonyl (C=O) groups excluding carboxylic acids is 1. The van der Waals surface area contributed by atoms with Gasteiger partial charge < -0.3 is 14.7 Å². The summed E-state index contributed by atoms with van der Waals surface area (Å²) in [4.78, 5) is 27.9. The molecular formula is C27H31ClN2O6S2. The van der Waals surface area contributed by atoms with Crippen molar-refractivity contribution in [2.45, 2.75) is 35.9 Å². The summed E-state index contributed by atoms with van der Waals surface area (Å²) in [5.74, 6) is -2.56. The summed E-state index contributed by atoms with van der Waals surface area (Å²) in [6, 6.07) is 17.1. The SMILES string of the molecule is COCCN(C)C(=O)c1ccccc1C(C)C(C)(NS(=O)(=O)c1ccc(Cc2ccc(Cl)cc2)s1)C(=O)O. The molecule has 0 spiro atoms. The summed E-state index contributed by atoms with van der Waals surface area (Å²) < 4.78 is 34.2. The fourth-order valence-corrected chi connectivity index (χ4v) is 6.91. The first-order valence-electron chi connectivity index (χ1n) is 11.8. The highest BCUT2D eigenvalue weighted by Gasteiger charge is 2.45. The highest BCUT2D eigenvalue weighted by molar-refractivity contribution is 7.91. The monoisotopic (exact) mass is 578 g/mol. The molecule has 0 aliphatic heterocycles. The van der Waals surface area contributed by atoms with Gasteiger partial charge >= 0.3 is 5.97 Å². The number of sulfonamides is 1. The van der Waals surface area contributed by atoms with Crippen molar-refractivity contribution in [2.75, 3.05) is 27.3 Å². The topological polar surface area (TPSA) is 113 Å². The van der Waals surface area contributed by atoms with Crippen LogP contribution in [0.5, 0.6) is 0 Å². The number of nitrogens with one attached hydrogen (secondary N) is 1. The van der Waals surface area contributed by atoms with Crippen molar-refractivity contribution >= 4 is 44.8 Å². The summed E-state index contributed by atoms with van der Waals surface area (Å²) in [5.41, 5.74) is -0.259. The van der Waals surface area contributed by atoms with Gasteiger partial charge in [0.15, 0.2) is 0 Å². The number of amides is 1. The maximum absolute atomic E-state index is 13.4. The van der Waals surface area contributed by atoms with E-state index >= 15 is 0 Å². The molecule has 1 amide bonds. The number of carboxylic acid groups (broad SMARTS) is 1. The second kappa shape index (κ2) is 12.4. The zero-order chi connectivity index (χ0) is 28.1. The Morgan fingerprint density at radius 2 is 1.79 bits per heavy atom. The van der Waals surface area contributed by atoms with Crippen LogP contribution in [-0.4, -0.2) is 63.1 Å². The second-order valence-electron chi connectivity index (χ2n) is 9.17. The zero-order valence-corrected chi connectivity index (χ0v) is 24.0. The van der Waals surface area contributed by atoms with Crippen molar-refractivity contribution in [1.29, 1.82) is 0 Å². The van der Waals surface area contributed by atoms with Crippen molar-refractivity contribution in [2.24, 2.45) is 0 Å². The first kappa shape index (κ1) is 29.8. The van der Waals surface area contributed by atoms with Crippen molar-refractivity contribution in [3.8, 4) is 0 Å². The van der Waals surface area contributed by atoms with Crippen LogP contribution in [0.2, 0.25) is 5.02 Å². The highest BCUT2D eigenvalue weighted by Crippen LogP contribution is 2.34. The summed E-state index contributed by atoms with van der Waals surface area (Å²) in [6.45, 7) is 3.60. The molecule has 3 rings (SSSR count). The zero-order valence-electron chi connectivity index (χ0n) is 21.6. The molecule has 2 unspecified atom stereocenters. The second-order valence-corrected chi connectivity index (χ2v) is 12.7. The molecule has 204 valence electrons. The van der Waals surface area contributed by atoms with Crippen molar-refractivity contribution < 1.29 is 27.9 Å². The molecule has 0 aliphatic carbocycles. The van der Waals surface area contributed by atoms with Crippen LogP contribution < -0.4 is 4.72 Å². The number of ether oxygens (including phenoxy) is 1. The van der Waals surface area contributed by atoms with Gasteiger partial charge in [-0.3, -0.25) is 9.59 Å². The number of rotatable bonds is 12. The number of likely N-dealkylation sites (N-methyl/N-ethyl adjacent to an activating group) is 1. The molecule has 2 atom stereocenters. The van der Waals surface area contributed by atoms with Gasteiger partial charge in [0, 0.05) is 48.5 Å². The fourth-order valence-electron chi connectivity index (χ4n) is 3.96. The van der Waals surface area contributed by atoms with E-state index in [-0.39, 0.29) is 10.1 Å². The summed E-state index contributed by atoms with van der Waals surface area (Å²) in [6.07, 6.45) is 0.510. The Bertz CT molecular complexity index is 1390. The Kier molecular flexibility index (Phi) is 9.72. The van der Waals surface area contributed by atoms with Gasteiger partial charge in [-0.15, -0.1) is 11.3 Å². The van der Waals surface area contributed by atoms with Gasteiger partial charge in [0.05, 0.1) is 6.61 Å². The van der Waals surface area contributed by atoms with E-state index < -0.39 is 27.4 Å². The molecule has 0 aliphatic rings. The lowest BCUT2D eigenvalue weighted by molar-refractivity contribution is -0.144. The molecule has 3 aromatic rings. The average molecular weight is 579 g/mol. The minimum Gasteiger partial charge on any atom is -0.480 e. The van der Waals surface area contributed by atoms with Gasteiger partial charge in [0.25, 0.3) is 15.9 Å². The number of methoxy groups -OCH3 is 1. The maximum Gasteiger partial charge on any atom is 0.325 e. The Hall–Kier alpha value is -2.76. The molecule has 0 bridgehead atoms. The van der Waals surface area contributed by atoms with Crippen LogP contribution >= 0.6 is 22.9 Å². The summed E-state index contributed by atoms with van der Waals surface area (Å²) >= 11 is 7.01. The largest absolute Gasteiger partial charge is 0.480 e. The quantitative estimate of drug-likeness (QED) is 0.324. The molecule has 0 radical (unpaired) electrons. The Morgan fingerprint density at radius 1 is 1.13 bits per heavy atom. The van der Waals surface area contributed by atoms with Crippen molar-refractivity contribution in [3.63, 3.8) is 0 Å². The third-order valence-electron chi connectivity index (χ3n) is 6.49. The summed E-state index contributed by atoms with van der Waals surface area (Å²) in [5, 5.41) is 10.8. The third kappa shape index (κ3) is 6.81. The predicted octanol–water partition coefficient (Wildman–Crippen LogP) is 4.64. The van der Waals surface area contributed by atoms with Crippen LogP contribution in [0.25, 0.3) is 0 Å². The van der Waals surface area contributed by atoms with Gasteiger partial charge in [-0.25, -0.2) is 8.42 Å². The molecule has 2 N–H and O–H groups in total. The molecule has 8 nitrogen and oxygen atoms in total. The number of nitrogens with zero attached hydrogens (tertiary/aromatic N) is 1. The number of halogens is 1. The van der Waals surface area contributed by atoms with Gasteiger partial charge in [-0.2, -0.15) is 4.72 Å². The van der Waals surface area contributed by atoms with E-state index in [9.17, 15) is 23.1 Å². The first-order chi connectivity index (χ1) is 17.9. The van der Waals surface area contributed by atoms with E-state index in [1.807, 2.05) is 12.1 Å². The van der Waals surface area contributed by atoms with E-state index in [1.165, 1.54) is 25.0 Å². The fraction of sp³-hybridized carbons (Fsp3) is 0.333. The number of carboxylic acids is 1. The molecule has 2 aromatic carbocycles. The normalized spacial score (nSPS) is 14.0. The third-order valence-corrected chi connectivity index (χ3v) is 9.88. The average Bonchev–Trinajstić information content (AvgIpc) is 3.37. The number of thiophene rings is 1. The summed E-state index contributed by atoms with van der Waals surface area (Å²) in [7, 11) is -1.04. The van der Waals surface area contributed by atoms with Gasteiger partial charge in [0.1, 0.15) is 9.75 Å². The number of hydrogen-bond acceptors (Lipinski definition) is 6. The van der Waals surface area contributed by atoms with Crippen LogP contribution in [0.15, 0.2) is 64.9 Å². The lowest BCUT2D eigenvalue weighted by Gasteiger charge is -2.33. The molecular weight excluding hydrogens is 548 g/mol. The Labute approximate surface area is 232 Å². The molecule has 0 fully saturated rings. The smallest absolute Gasteiger partial charge is 0.325 e. The predicted molar refractivity (Wildman–Crippen MR) is 149 cm³/mol. The standard InChI is InChI=1S/C27H31ClN2O6S2/c1-18(22-7-5-6-8-23(22)25(31)30(3)15-16-36-4)27(2,26(32)33)29-38(34,35)24-14-13-21(37-24)17-19-9-11-20(28)12-10-19/h5-14,18,29H,15-17H2,1-4H3,(H,32,33). The lowest BCUT2D eigenvalue weighted by atomic mass is 9.80. The number of aliphatic carboxylic acids is 1. The van der Waals surface area contributed by atoms with Crippen LogP contribution in [0, 0.1) is 0 Å². The molecule has 38 heavy (non-hydrogen) atoms. The Balaban J connectivity index is 1.89. The molecule has 1 heterocycles. The van der Waals surface area contributed by atoms with E-state index in [1.54, 1.807) is 56.4 Å². The molecule has 1 aromatic heterocycles. The maximum atomic E-state index is 13.4. The van der Waals surface area contributed by atoms with Crippen LogP contribution in [0.1, 0.15) is 46.1 Å². The van der Waals surface area contributed by atoms with Gasteiger partial charge in [-0.05, 0) is 48.4 Å². The van der Waals surface area contributed by atoms with E-state index in [0.717, 1.165) is 21.8 Å². The lowest BCUT2D eigenvalue weighted by Crippen LogP contribution is -2.55. The van der Waals surface area contributed by atoms with Crippen LogP contribution in [0.4, 0.5) is 0 Å². The minimum absolute atomic E-state index is 0.00444. The van der Waals surface area contributed by atoms with Crippen molar-refractivity contribution in [1.82, 2.24) is 9.62 Å². The van der Waals surface area contributed by atoms with E-state index in [0.29, 0.717) is 35.7 Å². The van der Waals surface area contributed by atoms with Crippen molar-refractivity contribution in [3.05, 3.63) is 87.3 Å². The molecule has 0 saturated carbocycles. The molecule has 0 saturated heterocycles. The highest BCUT2D eigenvalue weighted by atomic mass is 35.5.